The summed E-state index contributed by atoms with van der Waals surface area (Å²) in [7, 11) is -2.73. The lowest BCUT2D eigenvalue weighted by molar-refractivity contribution is -0.126. The van der Waals surface area contributed by atoms with Crippen LogP contribution in [0.5, 0.6) is 0 Å². The highest BCUT2D eigenvalue weighted by Gasteiger charge is 2.30. The minimum Gasteiger partial charge on any atom is -0.370 e. The standard InChI is InChI=1S/C25H26FN5O3Si/c26-19-9-7-16(8-10-19)15-35(31-24(33)22-13-17-4-1-2-6-21(17)30-22)25(34)29-20(14-27)12-18-5-3-11-28-23(18)32/h1-2,4,6-10,13,18,20,30,35H,3,5,11-12,15H2,(H,28,32)(H,29,34)(H,31,33)/t18?,20-,35-/m0/s1. The molecule has 1 aromatic heterocycles. The molecule has 3 atom stereocenters. The molecular formula is C25H26FN5O3Si. The van der Waals surface area contributed by atoms with Crippen LogP contribution in [0.1, 0.15) is 35.3 Å². The normalized spacial score (nSPS) is 17.1. The monoisotopic (exact) mass is 491 g/mol. The Labute approximate surface area is 203 Å². The highest BCUT2D eigenvalue weighted by atomic mass is 28.3. The first-order chi connectivity index (χ1) is 16.9. The number of aromatic amines is 1. The van der Waals surface area contributed by atoms with Gasteiger partial charge in [0, 0.05) is 23.4 Å². The molecule has 1 aliphatic rings. The van der Waals surface area contributed by atoms with Crippen molar-refractivity contribution in [1.82, 2.24) is 20.6 Å². The highest BCUT2D eigenvalue weighted by Crippen LogP contribution is 2.18. The van der Waals surface area contributed by atoms with E-state index in [0.717, 1.165) is 17.3 Å². The summed E-state index contributed by atoms with van der Waals surface area (Å²) in [6.45, 7) is 0.616. The minimum absolute atomic E-state index is 0.113. The summed E-state index contributed by atoms with van der Waals surface area (Å²) in [5.41, 5.74) is 1.41. The molecular weight excluding hydrogens is 465 g/mol. The molecule has 4 N–H and O–H groups in total. The molecule has 2 aromatic carbocycles. The number of aromatic nitrogens is 1. The maximum absolute atomic E-state index is 13.4. The van der Waals surface area contributed by atoms with E-state index in [4.69, 9.17) is 0 Å². The topological polar surface area (TPSA) is 127 Å². The number of nitrogens with one attached hydrogen (secondary N) is 4. The van der Waals surface area contributed by atoms with Crippen LogP contribution in [-0.2, 0) is 10.8 Å². The van der Waals surface area contributed by atoms with Crippen LogP contribution >= 0.6 is 0 Å². The van der Waals surface area contributed by atoms with Gasteiger partial charge in [-0.15, -0.1) is 0 Å². The third-order valence-electron chi connectivity index (χ3n) is 6.14. The SMILES string of the molecule is N#C[C@H](CC1CCCNC1=O)NC(=O)[Si@H](Cc1ccc(F)cc1)NC(=O)c1cc2ccccc2[nH]1. The first kappa shape index (κ1) is 24.2. The molecule has 8 nitrogen and oxygen atoms in total. The van der Waals surface area contributed by atoms with Crippen molar-refractivity contribution in [2.45, 2.75) is 31.3 Å². The van der Waals surface area contributed by atoms with Gasteiger partial charge in [-0.2, -0.15) is 5.26 Å². The molecule has 0 spiro atoms. The number of nitriles is 1. The van der Waals surface area contributed by atoms with Crippen molar-refractivity contribution < 1.29 is 18.8 Å². The first-order valence-electron chi connectivity index (χ1n) is 11.5. The van der Waals surface area contributed by atoms with Crippen molar-refractivity contribution in [2.24, 2.45) is 5.92 Å². The number of hydrogen-bond acceptors (Lipinski definition) is 4. The maximum Gasteiger partial charge on any atom is 0.260 e. The number of piperidine rings is 1. The second kappa shape index (κ2) is 11.0. The summed E-state index contributed by atoms with van der Waals surface area (Å²) in [5.74, 6) is -1.27. The first-order valence-corrected chi connectivity index (χ1v) is 13.5. The van der Waals surface area contributed by atoms with Gasteiger partial charge in [-0.05, 0) is 55.1 Å². The zero-order chi connectivity index (χ0) is 24.8. The Hall–Kier alpha value is -3.97. The summed E-state index contributed by atoms with van der Waals surface area (Å²) in [4.78, 5) is 44.3. The molecule has 2 heterocycles. The van der Waals surface area contributed by atoms with Gasteiger partial charge in [0.15, 0.2) is 0 Å². The fraction of sp³-hybridized carbons (Fsp3) is 0.280. The lowest BCUT2D eigenvalue weighted by atomic mass is 9.92. The summed E-state index contributed by atoms with van der Waals surface area (Å²) in [6, 6.07) is 16.4. The molecule has 0 saturated carbocycles. The molecule has 0 aliphatic carbocycles. The predicted octanol–water partition coefficient (Wildman–Crippen LogP) is 2.64. The summed E-state index contributed by atoms with van der Waals surface area (Å²) >= 11 is 0. The maximum atomic E-state index is 13.4. The van der Waals surface area contributed by atoms with E-state index in [1.807, 2.05) is 24.3 Å². The van der Waals surface area contributed by atoms with Crippen LogP contribution in [0.3, 0.4) is 0 Å². The predicted molar refractivity (Wildman–Crippen MR) is 131 cm³/mol. The zero-order valence-electron chi connectivity index (χ0n) is 19.0. The number of benzene rings is 2. The van der Waals surface area contributed by atoms with Gasteiger partial charge < -0.3 is 20.6 Å². The Kier molecular flexibility index (Phi) is 7.57. The second-order valence-electron chi connectivity index (χ2n) is 8.68. The average Bonchev–Trinajstić information content (AvgIpc) is 3.30. The van der Waals surface area contributed by atoms with E-state index < -0.39 is 32.3 Å². The minimum atomic E-state index is -2.73. The van der Waals surface area contributed by atoms with E-state index in [-0.39, 0.29) is 24.3 Å². The zero-order valence-corrected chi connectivity index (χ0v) is 20.2. The molecule has 1 unspecified atom stereocenters. The molecule has 1 saturated heterocycles. The van der Waals surface area contributed by atoms with Crippen molar-refractivity contribution in [3.63, 3.8) is 0 Å². The van der Waals surface area contributed by atoms with E-state index in [9.17, 15) is 24.0 Å². The lowest BCUT2D eigenvalue weighted by Gasteiger charge is -2.25. The van der Waals surface area contributed by atoms with Gasteiger partial charge in [-0.3, -0.25) is 14.4 Å². The molecule has 180 valence electrons. The molecule has 3 amide bonds. The Morgan fingerprint density at radius 3 is 2.69 bits per heavy atom. The summed E-state index contributed by atoms with van der Waals surface area (Å²) in [6.07, 6.45) is 1.69. The fourth-order valence-electron chi connectivity index (χ4n) is 4.26. The van der Waals surface area contributed by atoms with E-state index in [2.05, 4.69) is 26.7 Å². The number of para-hydroxylation sites is 1. The Balaban J connectivity index is 1.50. The largest absolute Gasteiger partial charge is 0.370 e. The van der Waals surface area contributed by atoms with Crippen LogP contribution in [-0.4, -0.2) is 43.9 Å². The number of rotatable bonds is 8. The van der Waals surface area contributed by atoms with Crippen molar-refractivity contribution in [3.05, 3.63) is 71.7 Å². The second-order valence-corrected chi connectivity index (χ2v) is 11.0. The van der Waals surface area contributed by atoms with Crippen LogP contribution in [0, 0.1) is 23.1 Å². The van der Waals surface area contributed by atoms with Gasteiger partial charge in [-0.1, -0.05) is 30.3 Å². The number of carbonyl (C=O) groups is 3. The van der Waals surface area contributed by atoms with Crippen molar-refractivity contribution >= 4 is 37.2 Å². The molecule has 1 fully saturated rings. The van der Waals surface area contributed by atoms with Crippen molar-refractivity contribution in [2.75, 3.05) is 6.54 Å². The highest BCUT2D eigenvalue weighted by molar-refractivity contribution is 6.89. The third-order valence-corrected chi connectivity index (χ3v) is 8.43. The Bertz CT molecular complexity index is 1240. The molecule has 1 aliphatic heterocycles. The van der Waals surface area contributed by atoms with Gasteiger partial charge in [0.25, 0.3) is 5.91 Å². The van der Waals surface area contributed by atoms with E-state index in [1.165, 1.54) is 12.1 Å². The van der Waals surface area contributed by atoms with Crippen molar-refractivity contribution in [1.29, 1.82) is 5.26 Å². The lowest BCUT2D eigenvalue weighted by Crippen LogP contribution is -2.54. The Morgan fingerprint density at radius 1 is 1.20 bits per heavy atom. The number of halogens is 1. The van der Waals surface area contributed by atoms with Crippen LogP contribution in [0.25, 0.3) is 10.9 Å². The van der Waals surface area contributed by atoms with Gasteiger partial charge >= 0.3 is 0 Å². The van der Waals surface area contributed by atoms with Gasteiger partial charge in [0.1, 0.15) is 17.6 Å². The molecule has 3 aromatic rings. The number of H-pyrrole nitrogens is 1. The smallest absolute Gasteiger partial charge is 0.260 e. The van der Waals surface area contributed by atoms with Gasteiger partial charge in [0.05, 0.1) is 6.07 Å². The molecule has 0 bridgehead atoms. The molecule has 0 radical (unpaired) electrons. The quantitative estimate of drug-likeness (QED) is 0.361. The van der Waals surface area contributed by atoms with Crippen LogP contribution < -0.4 is 15.6 Å². The van der Waals surface area contributed by atoms with Crippen LogP contribution in [0.4, 0.5) is 9.18 Å². The average molecular weight is 492 g/mol. The Morgan fingerprint density at radius 2 is 1.97 bits per heavy atom. The molecule has 35 heavy (non-hydrogen) atoms. The van der Waals surface area contributed by atoms with Crippen LogP contribution in [0.2, 0.25) is 0 Å². The molecule has 4 rings (SSSR count). The fourth-order valence-corrected chi connectivity index (χ4v) is 6.29. The number of amides is 3. The van der Waals surface area contributed by atoms with E-state index in [0.29, 0.717) is 24.2 Å². The van der Waals surface area contributed by atoms with E-state index >= 15 is 0 Å². The van der Waals surface area contributed by atoms with Gasteiger partial charge in [0.2, 0.25) is 20.4 Å². The summed E-state index contributed by atoms with van der Waals surface area (Å²) in [5, 5.41) is 16.0. The third kappa shape index (κ3) is 6.13. The van der Waals surface area contributed by atoms with Gasteiger partial charge in [-0.25, -0.2) is 4.39 Å². The number of nitrogens with zero attached hydrogens (tertiary/aromatic N) is 1. The number of hydrogen-bond donors (Lipinski definition) is 4. The number of fused-ring (bicyclic) bond motifs is 1. The van der Waals surface area contributed by atoms with Crippen LogP contribution in [0.15, 0.2) is 54.6 Å². The molecule has 10 heteroatoms. The summed E-state index contributed by atoms with van der Waals surface area (Å²) < 4.78 is 13.4. The van der Waals surface area contributed by atoms with Crippen molar-refractivity contribution in [3.8, 4) is 6.07 Å². The van der Waals surface area contributed by atoms with E-state index in [1.54, 1.807) is 18.2 Å². The number of carbonyl (C=O) groups excluding carboxylic acids is 3.